The molecule has 2 heterocycles. The molecule has 0 unspecified atom stereocenters. The van der Waals surface area contributed by atoms with Gasteiger partial charge in [0.25, 0.3) is 0 Å². The van der Waals surface area contributed by atoms with Gasteiger partial charge in [0.15, 0.2) is 0 Å². The fourth-order valence-corrected chi connectivity index (χ4v) is 5.45. The Labute approximate surface area is 180 Å². The zero-order chi connectivity index (χ0) is 20.6. The molecule has 4 rings (SSSR count). The Bertz CT molecular complexity index is 1150. The second kappa shape index (κ2) is 8.07. The maximum atomic E-state index is 12.9. The van der Waals surface area contributed by atoms with Crippen molar-refractivity contribution in [3.63, 3.8) is 0 Å². The third-order valence-corrected chi connectivity index (χ3v) is 7.40. The molecule has 6 nitrogen and oxygen atoms in total. The average molecular weight is 451 g/mol. The fraction of sp³-hybridized carbons (Fsp3) is 0.300. The molecule has 0 saturated carbocycles. The van der Waals surface area contributed by atoms with Crippen LogP contribution in [0.25, 0.3) is 10.9 Å². The number of halogens is 2. The van der Waals surface area contributed by atoms with E-state index in [1.54, 1.807) is 36.4 Å². The van der Waals surface area contributed by atoms with Gasteiger partial charge in [-0.1, -0.05) is 48.3 Å². The van der Waals surface area contributed by atoms with Crippen molar-refractivity contribution in [2.24, 2.45) is 0 Å². The molecule has 29 heavy (non-hydrogen) atoms. The highest BCUT2D eigenvalue weighted by Crippen LogP contribution is 2.33. The first kappa shape index (κ1) is 20.3. The summed E-state index contributed by atoms with van der Waals surface area (Å²) in [5.41, 5.74) is 0.664. The SMILES string of the molecule is CCc1nc(N2CCN(S(=O)(=O)c3ccccc3)CC2)c2cc(Cl)cc(Cl)c2n1. The largest absolute Gasteiger partial charge is 0.353 e. The number of nitrogens with zero attached hydrogens (tertiary/aromatic N) is 4. The molecule has 0 amide bonds. The number of sulfonamides is 1. The number of hydrogen-bond donors (Lipinski definition) is 0. The topological polar surface area (TPSA) is 66.4 Å². The number of fused-ring (bicyclic) bond motifs is 1. The van der Waals surface area contributed by atoms with E-state index in [-0.39, 0.29) is 0 Å². The first-order valence-electron chi connectivity index (χ1n) is 9.36. The number of anilines is 1. The molecule has 2 aromatic carbocycles. The van der Waals surface area contributed by atoms with Gasteiger partial charge in [-0.3, -0.25) is 0 Å². The summed E-state index contributed by atoms with van der Waals surface area (Å²) in [4.78, 5) is 11.6. The highest BCUT2D eigenvalue weighted by Gasteiger charge is 2.29. The van der Waals surface area contributed by atoms with Crippen LogP contribution in [-0.2, 0) is 16.4 Å². The van der Waals surface area contributed by atoms with Gasteiger partial charge in [-0.05, 0) is 24.3 Å². The van der Waals surface area contributed by atoms with Gasteiger partial charge in [-0.15, -0.1) is 0 Å². The molecule has 1 aromatic heterocycles. The molecule has 0 atom stereocenters. The van der Waals surface area contributed by atoms with Crippen LogP contribution in [0, 0.1) is 0 Å². The number of benzene rings is 2. The zero-order valence-electron chi connectivity index (χ0n) is 15.8. The molecule has 1 fully saturated rings. The molecule has 0 spiro atoms. The van der Waals surface area contributed by atoms with Crippen LogP contribution in [0.3, 0.4) is 0 Å². The van der Waals surface area contributed by atoms with Crippen LogP contribution in [0.5, 0.6) is 0 Å². The fourth-order valence-electron chi connectivity index (χ4n) is 3.47. The van der Waals surface area contributed by atoms with Crippen molar-refractivity contribution in [3.8, 4) is 0 Å². The van der Waals surface area contributed by atoms with E-state index >= 15 is 0 Å². The maximum Gasteiger partial charge on any atom is 0.243 e. The molecule has 9 heteroatoms. The van der Waals surface area contributed by atoms with Gasteiger partial charge in [-0.25, -0.2) is 18.4 Å². The highest BCUT2D eigenvalue weighted by molar-refractivity contribution is 7.89. The molecule has 0 radical (unpaired) electrons. The molecule has 0 aliphatic carbocycles. The lowest BCUT2D eigenvalue weighted by Gasteiger charge is -2.35. The summed E-state index contributed by atoms with van der Waals surface area (Å²) in [6.07, 6.45) is 0.671. The highest BCUT2D eigenvalue weighted by atomic mass is 35.5. The van der Waals surface area contributed by atoms with Gasteiger partial charge in [0.2, 0.25) is 10.0 Å². The van der Waals surface area contributed by atoms with Crippen molar-refractivity contribution >= 4 is 49.9 Å². The van der Waals surface area contributed by atoms with E-state index in [1.165, 1.54) is 4.31 Å². The summed E-state index contributed by atoms with van der Waals surface area (Å²) < 4.78 is 27.3. The van der Waals surface area contributed by atoms with E-state index in [4.69, 9.17) is 28.2 Å². The third-order valence-electron chi connectivity index (χ3n) is 4.98. The Balaban J connectivity index is 1.64. The quantitative estimate of drug-likeness (QED) is 0.600. The van der Waals surface area contributed by atoms with Crippen molar-refractivity contribution in [1.29, 1.82) is 0 Å². The third kappa shape index (κ3) is 3.92. The standard InChI is InChI=1S/C20H20Cl2N4O2S/c1-2-18-23-19-16(12-14(21)13-17(19)22)20(24-18)25-8-10-26(11-9-25)29(27,28)15-6-4-3-5-7-15/h3-7,12-13H,2,8-11H2,1H3. The van der Waals surface area contributed by atoms with Crippen LogP contribution >= 0.6 is 23.2 Å². The monoisotopic (exact) mass is 450 g/mol. The number of aryl methyl sites for hydroxylation is 1. The summed E-state index contributed by atoms with van der Waals surface area (Å²) >= 11 is 12.6. The molecule has 0 N–H and O–H groups in total. The summed E-state index contributed by atoms with van der Waals surface area (Å²) in [7, 11) is -3.50. The van der Waals surface area contributed by atoms with E-state index in [1.807, 2.05) is 13.0 Å². The number of aromatic nitrogens is 2. The van der Waals surface area contributed by atoms with Crippen molar-refractivity contribution in [1.82, 2.24) is 14.3 Å². The second-order valence-electron chi connectivity index (χ2n) is 6.80. The van der Waals surface area contributed by atoms with Crippen molar-refractivity contribution in [2.45, 2.75) is 18.2 Å². The molecule has 1 saturated heterocycles. The Morgan fingerprint density at radius 3 is 2.34 bits per heavy atom. The van der Waals surface area contributed by atoms with E-state index in [0.29, 0.717) is 58.9 Å². The lowest BCUT2D eigenvalue weighted by atomic mass is 10.2. The first-order chi connectivity index (χ1) is 13.9. The predicted molar refractivity (Wildman–Crippen MR) is 116 cm³/mol. The van der Waals surface area contributed by atoms with Crippen LogP contribution in [0.2, 0.25) is 10.0 Å². The molecule has 152 valence electrons. The number of piperazine rings is 1. The van der Waals surface area contributed by atoms with Gasteiger partial charge in [0.05, 0.1) is 15.4 Å². The second-order valence-corrected chi connectivity index (χ2v) is 9.59. The van der Waals surface area contributed by atoms with E-state index < -0.39 is 10.0 Å². The lowest BCUT2D eigenvalue weighted by molar-refractivity contribution is 0.384. The summed E-state index contributed by atoms with van der Waals surface area (Å²) in [5.74, 6) is 1.43. The predicted octanol–water partition coefficient (Wildman–Crippen LogP) is 4.01. The minimum atomic E-state index is -3.50. The van der Waals surface area contributed by atoms with E-state index in [0.717, 1.165) is 11.2 Å². The average Bonchev–Trinajstić information content (AvgIpc) is 2.74. The van der Waals surface area contributed by atoms with E-state index in [9.17, 15) is 8.42 Å². The molecular formula is C20H20Cl2N4O2S. The summed E-state index contributed by atoms with van der Waals surface area (Å²) in [5, 5.41) is 1.78. The Morgan fingerprint density at radius 1 is 1.00 bits per heavy atom. The van der Waals surface area contributed by atoms with Crippen molar-refractivity contribution < 1.29 is 8.42 Å². The van der Waals surface area contributed by atoms with Crippen LogP contribution in [0.4, 0.5) is 5.82 Å². The Morgan fingerprint density at radius 2 is 1.69 bits per heavy atom. The molecule has 1 aliphatic heterocycles. The minimum absolute atomic E-state index is 0.313. The van der Waals surface area contributed by atoms with Gasteiger partial charge in [0, 0.05) is 43.0 Å². The first-order valence-corrected chi connectivity index (χ1v) is 11.6. The normalized spacial score (nSPS) is 15.8. The molecule has 1 aliphatic rings. The Kier molecular flexibility index (Phi) is 5.66. The molecule has 3 aromatic rings. The zero-order valence-corrected chi connectivity index (χ0v) is 18.2. The molecule has 0 bridgehead atoms. The number of rotatable bonds is 4. The summed E-state index contributed by atoms with van der Waals surface area (Å²) in [6.45, 7) is 3.77. The van der Waals surface area contributed by atoms with Crippen LogP contribution < -0.4 is 4.90 Å². The maximum absolute atomic E-state index is 12.9. The van der Waals surface area contributed by atoms with Crippen molar-refractivity contribution in [2.75, 3.05) is 31.1 Å². The number of hydrogen-bond acceptors (Lipinski definition) is 5. The van der Waals surface area contributed by atoms with Crippen LogP contribution in [0.1, 0.15) is 12.7 Å². The minimum Gasteiger partial charge on any atom is -0.353 e. The van der Waals surface area contributed by atoms with Crippen molar-refractivity contribution in [3.05, 3.63) is 58.3 Å². The van der Waals surface area contributed by atoms with Crippen LogP contribution in [-0.4, -0.2) is 48.9 Å². The van der Waals surface area contributed by atoms with Gasteiger partial charge >= 0.3 is 0 Å². The van der Waals surface area contributed by atoms with Crippen LogP contribution in [0.15, 0.2) is 47.4 Å². The smallest absolute Gasteiger partial charge is 0.243 e. The van der Waals surface area contributed by atoms with Gasteiger partial charge in [0.1, 0.15) is 11.6 Å². The van der Waals surface area contributed by atoms with E-state index in [2.05, 4.69) is 9.88 Å². The summed E-state index contributed by atoms with van der Waals surface area (Å²) in [6, 6.07) is 12.0. The van der Waals surface area contributed by atoms with Gasteiger partial charge in [-0.2, -0.15) is 4.31 Å². The van der Waals surface area contributed by atoms with Gasteiger partial charge < -0.3 is 4.90 Å². The lowest BCUT2D eigenvalue weighted by Crippen LogP contribution is -2.49. The Hall–Kier alpha value is -1.93. The molecular weight excluding hydrogens is 431 g/mol.